The number of benzene rings is 1. The third-order valence-corrected chi connectivity index (χ3v) is 5.52. The van der Waals surface area contributed by atoms with Crippen LogP contribution in [0.3, 0.4) is 0 Å². The first-order valence-electron chi connectivity index (χ1n) is 11.2. The fourth-order valence-corrected chi connectivity index (χ4v) is 3.28. The highest BCUT2D eigenvalue weighted by Crippen LogP contribution is 2.15. The van der Waals surface area contributed by atoms with Gasteiger partial charge in [0.05, 0.1) is 25.4 Å². The highest BCUT2D eigenvalue weighted by Gasteiger charge is 2.34. The fourth-order valence-electron chi connectivity index (χ4n) is 3.28. The van der Waals surface area contributed by atoms with Crippen LogP contribution in [-0.2, 0) is 6.42 Å². The Kier molecular flexibility index (Phi) is 14.0. The molecule has 1 rings (SSSR count). The van der Waals surface area contributed by atoms with Gasteiger partial charge < -0.3 is 55.8 Å². The van der Waals surface area contributed by atoms with Crippen molar-refractivity contribution in [3.05, 3.63) is 29.8 Å². The number of aliphatic hydroxyl groups excluding tert-OH is 10. The minimum Gasteiger partial charge on any atom is -0.492 e. The molecule has 198 valence electrons. The Hall–Kier alpha value is -1.42. The number of aryl methyl sites for hydroxylation is 1. The molecule has 10 N–H and O–H groups in total. The van der Waals surface area contributed by atoms with E-state index in [4.69, 9.17) is 14.9 Å². The molecule has 0 spiro atoms. The lowest BCUT2D eigenvalue weighted by atomic mass is 10.0. The highest BCUT2D eigenvalue weighted by atomic mass is 16.5. The van der Waals surface area contributed by atoms with Crippen LogP contribution in [0.15, 0.2) is 24.3 Å². The van der Waals surface area contributed by atoms with E-state index in [1.807, 2.05) is 25.1 Å². The summed E-state index contributed by atoms with van der Waals surface area (Å²) < 4.78 is 5.69. The number of hydrogen-bond acceptors (Lipinski definition) is 12. The van der Waals surface area contributed by atoms with Crippen molar-refractivity contribution in [2.24, 2.45) is 0 Å². The summed E-state index contributed by atoms with van der Waals surface area (Å²) in [5.74, 6) is 0.587. The van der Waals surface area contributed by atoms with Crippen LogP contribution in [0.4, 0.5) is 0 Å². The lowest BCUT2D eigenvalue weighted by Gasteiger charge is -2.33. The molecule has 0 radical (unpaired) electrons. The number of ether oxygens (including phenoxy) is 1. The van der Waals surface area contributed by atoms with E-state index < -0.39 is 62.0 Å². The van der Waals surface area contributed by atoms with Gasteiger partial charge in [0, 0.05) is 19.6 Å². The first kappa shape index (κ1) is 30.6. The summed E-state index contributed by atoms with van der Waals surface area (Å²) in [6.45, 7) is -0.243. The van der Waals surface area contributed by atoms with Gasteiger partial charge >= 0.3 is 0 Å². The summed E-state index contributed by atoms with van der Waals surface area (Å²) >= 11 is 0. The molecule has 0 saturated carbocycles. The van der Waals surface area contributed by atoms with Gasteiger partial charge in [-0.15, -0.1) is 0 Å². The molecule has 0 amide bonds. The van der Waals surface area contributed by atoms with E-state index >= 15 is 0 Å². The average molecular weight is 494 g/mol. The minimum absolute atomic E-state index is 0.0706. The molecule has 0 aromatic heterocycles. The molecule has 12 heteroatoms. The molecule has 0 aliphatic rings. The SMILES string of the molecule is CCc1cccc(OCCN(C[C@@H](O)[C@@H](O)[C@H](O)[C@H](O)CO)C[C@@H](O)[C@@H](O)[C@H](O)[C@H](O)CO)c1. The summed E-state index contributed by atoms with van der Waals surface area (Å²) in [5.41, 5.74) is 1.05. The summed E-state index contributed by atoms with van der Waals surface area (Å²) in [7, 11) is 0. The van der Waals surface area contributed by atoms with E-state index in [1.165, 1.54) is 4.90 Å². The molecular weight excluding hydrogens is 454 g/mol. The number of nitrogens with zero attached hydrogens (tertiary/aromatic N) is 1. The Morgan fingerprint density at radius 2 is 1.21 bits per heavy atom. The van der Waals surface area contributed by atoms with E-state index in [2.05, 4.69) is 0 Å². The second-order valence-corrected chi connectivity index (χ2v) is 8.21. The molecule has 0 bridgehead atoms. The first-order chi connectivity index (χ1) is 16.0. The van der Waals surface area contributed by atoms with Crippen LogP contribution >= 0.6 is 0 Å². The number of aliphatic hydroxyl groups is 10. The Morgan fingerprint density at radius 1 is 0.735 bits per heavy atom. The monoisotopic (exact) mass is 493 g/mol. The van der Waals surface area contributed by atoms with Crippen molar-refractivity contribution in [3.63, 3.8) is 0 Å². The molecule has 0 heterocycles. The van der Waals surface area contributed by atoms with Gasteiger partial charge in [-0.25, -0.2) is 0 Å². The van der Waals surface area contributed by atoms with Crippen molar-refractivity contribution in [1.82, 2.24) is 4.90 Å². The summed E-state index contributed by atoms with van der Waals surface area (Å²) in [4.78, 5) is 1.38. The second kappa shape index (κ2) is 15.5. The van der Waals surface area contributed by atoms with Crippen molar-refractivity contribution in [2.75, 3.05) is 39.5 Å². The largest absolute Gasteiger partial charge is 0.492 e. The molecule has 12 nitrogen and oxygen atoms in total. The Labute approximate surface area is 198 Å². The maximum atomic E-state index is 10.3. The van der Waals surface area contributed by atoms with E-state index in [9.17, 15) is 40.9 Å². The van der Waals surface area contributed by atoms with Gasteiger partial charge in [-0.1, -0.05) is 19.1 Å². The van der Waals surface area contributed by atoms with Crippen LogP contribution < -0.4 is 4.74 Å². The van der Waals surface area contributed by atoms with Gasteiger partial charge in [-0.2, -0.15) is 0 Å². The molecule has 1 aromatic carbocycles. The van der Waals surface area contributed by atoms with Gasteiger partial charge in [0.15, 0.2) is 0 Å². The molecule has 1 aromatic rings. The smallest absolute Gasteiger partial charge is 0.119 e. The lowest BCUT2D eigenvalue weighted by molar-refractivity contribution is -0.130. The first-order valence-corrected chi connectivity index (χ1v) is 11.2. The van der Waals surface area contributed by atoms with Crippen LogP contribution in [0.1, 0.15) is 12.5 Å². The van der Waals surface area contributed by atoms with Crippen LogP contribution in [0.2, 0.25) is 0 Å². The predicted octanol–water partition coefficient (Wildman–Crippen LogP) is -4.20. The third-order valence-electron chi connectivity index (χ3n) is 5.52. The van der Waals surface area contributed by atoms with Gasteiger partial charge in [0.25, 0.3) is 0 Å². The summed E-state index contributed by atoms with van der Waals surface area (Å²) in [6.07, 6.45) is -13.2. The predicted molar refractivity (Wildman–Crippen MR) is 120 cm³/mol. The van der Waals surface area contributed by atoms with Gasteiger partial charge in [-0.3, -0.25) is 4.90 Å². The second-order valence-electron chi connectivity index (χ2n) is 8.21. The maximum absolute atomic E-state index is 10.3. The van der Waals surface area contributed by atoms with Crippen molar-refractivity contribution in [3.8, 4) is 5.75 Å². The molecule has 0 aliphatic heterocycles. The van der Waals surface area contributed by atoms with Crippen LogP contribution in [0.5, 0.6) is 5.75 Å². The van der Waals surface area contributed by atoms with E-state index in [0.717, 1.165) is 12.0 Å². The summed E-state index contributed by atoms with van der Waals surface area (Å²) in [6, 6.07) is 7.36. The van der Waals surface area contributed by atoms with Gasteiger partial charge in [-0.05, 0) is 24.1 Å². The molecule has 0 aliphatic carbocycles. The van der Waals surface area contributed by atoms with E-state index in [0.29, 0.717) is 5.75 Å². The molecule has 8 atom stereocenters. The van der Waals surface area contributed by atoms with Crippen LogP contribution in [0, 0.1) is 0 Å². The van der Waals surface area contributed by atoms with Crippen LogP contribution in [0.25, 0.3) is 0 Å². The van der Waals surface area contributed by atoms with E-state index in [1.54, 1.807) is 6.07 Å². The lowest BCUT2D eigenvalue weighted by Crippen LogP contribution is -2.53. The normalized spacial score (nSPS) is 19.2. The zero-order valence-electron chi connectivity index (χ0n) is 19.2. The van der Waals surface area contributed by atoms with Crippen molar-refractivity contribution in [1.29, 1.82) is 0 Å². The highest BCUT2D eigenvalue weighted by molar-refractivity contribution is 5.28. The third kappa shape index (κ3) is 9.68. The molecule has 0 unspecified atom stereocenters. The number of rotatable bonds is 17. The Bertz CT molecular complexity index is 652. The van der Waals surface area contributed by atoms with Crippen molar-refractivity contribution in [2.45, 2.75) is 62.2 Å². The zero-order valence-corrected chi connectivity index (χ0v) is 19.2. The quantitative estimate of drug-likeness (QED) is 0.1000. The van der Waals surface area contributed by atoms with Gasteiger partial charge in [0.1, 0.15) is 49.0 Å². The maximum Gasteiger partial charge on any atom is 0.119 e. The van der Waals surface area contributed by atoms with E-state index in [-0.39, 0.29) is 26.2 Å². The minimum atomic E-state index is -1.84. The van der Waals surface area contributed by atoms with Crippen LogP contribution in [-0.4, -0.2) is 144 Å². The van der Waals surface area contributed by atoms with Crippen molar-refractivity contribution >= 4 is 0 Å². The molecule has 0 saturated heterocycles. The number of hydrogen-bond donors (Lipinski definition) is 10. The molecule has 34 heavy (non-hydrogen) atoms. The average Bonchev–Trinajstić information content (AvgIpc) is 2.85. The fraction of sp³-hybridized carbons (Fsp3) is 0.727. The molecular formula is C22H39NO11. The molecule has 0 fully saturated rings. The zero-order chi connectivity index (χ0) is 25.8. The Morgan fingerprint density at radius 3 is 1.65 bits per heavy atom. The summed E-state index contributed by atoms with van der Waals surface area (Å²) in [5, 5.41) is 97.3. The van der Waals surface area contributed by atoms with Gasteiger partial charge in [0.2, 0.25) is 0 Å². The Balaban J connectivity index is 2.85. The van der Waals surface area contributed by atoms with Crippen molar-refractivity contribution < 1.29 is 55.8 Å². The topological polar surface area (TPSA) is 215 Å². The standard InChI is InChI=1S/C22H39NO11/c1-2-13-4-3-5-14(8-13)34-7-6-23(9-15(26)19(30)21(32)17(28)11-24)10-16(27)20(31)22(33)18(29)12-25/h3-5,8,15-22,24-33H,2,6-7,9-12H2,1H3/t15-,16-,17-,18-,19-,20-,21-,22-/m1/s1.